The van der Waals surface area contributed by atoms with Crippen molar-refractivity contribution in [3.8, 4) is 5.88 Å². The molecule has 0 aliphatic heterocycles. The normalized spacial score (nSPS) is 10.7. The summed E-state index contributed by atoms with van der Waals surface area (Å²) in [5, 5.41) is 3.88. The van der Waals surface area contributed by atoms with Gasteiger partial charge in [-0.2, -0.15) is 0 Å². The van der Waals surface area contributed by atoms with Gasteiger partial charge in [0.05, 0.1) is 6.61 Å². The molecule has 0 aromatic carbocycles. The molecule has 1 aromatic rings. The van der Waals surface area contributed by atoms with Gasteiger partial charge < -0.3 is 10.1 Å². The summed E-state index contributed by atoms with van der Waals surface area (Å²) in [7, 11) is 0. The average molecular weight is 229 g/mol. The highest BCUT2D eigenvalue weighted by molar-refractivity contribution is 6.31. The van der Waals surface area contributed by atoms with E-state index in [-0.39, 0.29) is 0 Å². The van der Waals surface area contributed by atoms with Crippen LogP contribution in [0.4, 0.5) is 0 Å². The van der Waals surface area contributed by atoms with Gasteiger partial charge in [-0.05, 0) is 25.1 Å². The summed E-state index contributed by atoms with van der Waals surface area (Å²) in [6.45, 7) is 5.82. The van der Waals surface area contributed by atoms with E-state index in [0.29, 0.717) is 23.6 Å². The van der Waals surface area contributed by atoms with Gasteiger partial charge in [-0.25, -0.2) is 4.98 Å². The fraction of sp³-hybridized carbons (Fsp3) is 0.545. The van der Waals surface area contributed by atoms with E-state index in [1.807, 2.05) is 0 Å². The standard InChI is InChI=1S/C11H17ClN2O/c1-9(2)13-7-4-8-15-11-10(12)5-3-6-14-11/h3,5-6,9,13H,4,7-8H2,1-2H3. The molecule has 0 fully saturated rings. The highest BCUT2D eigenvalue weighted by Crippen LogP contribution is 2.19. The van der Waals surface area contributed by atoms with Gasteiger partial charge in [-0.1, -0.05) is 25.4 Å². The van der Waals surface area contributed by atoms with Crippen LogP contribution in [0, 0.1) is 0 Å². The monoisotopic (exact) mass is 228 g/mol. The summed E-state index contributed by atoms with van der Waals surface area (Å²) in [5.41, 5.74) is 0. The van der Waals surface area contributed by atoms with Crippen LogP contribution in [0.5, 0.6) is 5.88 Å². The second-order valence-corrected chi connectivity index (χ2v) is 4.01. The molecular formula is C11H17ClN2O. The molecule has 0 aliphatic rings. The van der Waals surface area contributed by atoms with Gasteiger partial charge in [0.2, 0.25) is 5.88 Å². The molecule has 0 amide bonds. The Balaban J connectivity index is 2.18. The molecular weight excluding hydrogens is 212 g/mol. The third-order valence-corrected chi connectivity index (χ3v) is 2.12. The van der Waals surface area contributed by atoms with Crippen LogP contribution < -0.4 is 10.1 Å². The van der Waals surface area contributed by atoms with Crippen molar-refractivity contribution in [3.05, 3.63) is 23.4 Å². The summed E-state index contributed by atoms with van der Waals surface area (Å²) in [5.74, 6) is 0.517. The first-order valence-corrected chi connectivity index (χ1v) is 5.54. The molecule has 1 rings (SSSR count). The second kappa shape index (κ2) is 6.64. The SMILES string of the molecule is CC(C)NCCCOc1ncccc1Cl. The predicted octanol–water partition coefficient (Wildman–Crippen LogP) is 2.50. The Kier molecular flexibility index (Phi) is 5.43. The maximum Gasteiger partial charge on any atom is 0.232 e. The number of hydrogen-bond donors (Lipinski definition) is 1. The van der Waals surface area contributed by atoms with Gasteiger partial charge in [-0.15, -0.1) is 0 Å². The van der Waals surface area contributed by atoms with Gasteiger partial charge >= 0.3 is 0 Å². The molecule has 15 heavy (non-hydrogen) atoms. The van der Waals surface area contributed by atoms with Gasteiger partial charge in [0.1, 0.15) is 5.02 Å². The van der Waals surface area contributed by atoms with Crippen molar-refractivity contribution in [2.75, 3.05) is 13.2 Å². The molecule has 0 unspecified atom stereocenters. The fourth-order valence-electron chi connectivity index (χ4n) is 1.11. The van der Waals surface area contributed by atoms with E-state index in [1.54, 1.807) is 18.3 Å². The predicted molar refractivity (Wildman–Crippen MR) is 62.5 cm³/mol. The number of hydrogen-bond acceptors (Lipinski definition) is 3. The van der Waals surface area contributed by atoms with Gasteiger partial charge in [-0.3, -0.25) is 0 Å². The highest BCUT2D eigenvalue weighted by atomic mass is 35.5. The minimum absolute atomic E-state index is 0.517. The smallest absolute Gasteiger partial charge is 0.232 e. The average Bonchev–Trinajstić information content (AvgIpc) is 2.20. The quantitative estimate of drug-likeness (QED) is 0.760. The van der Waals surface area contributed by atoms with Crippen LogP contribution in [0.3, 0.4) is 0 Å². The third-order valence-electron chi connectivity index (χ3n) is 1.84. The van der Waals surface area contributed by atoms with Gasteiger partial charge in [0.25, 0.3) is 0 Å². The van der Waals surface area contributed by atoms with Crippen LogP contribution in [-0.4, -0.2) is 24.2 Å². The lowest BCUT2D eigenvalue weighted by Crippen LogP contribution is -2.24. The van der Waals surface area contributed by atoms with Crippen molar-refractivity contribution in [3.63, 3.8) is 0 Å². The van der Waals surface area contributed by atoms with E-state index in [0.717, 1.165) is 13.0 Å². The number of nitrogens with zero attached hydrogens (tertiary/aromatic N) is 1. The van der Waals surface area contributed by atoms with Crippen LogP contribution in [0.15, 0.2) is 18.3 Å². The summed E-state index contributed by atoms with van der Waals surface area (Å²) < 4.78 is 5.44. The minimum Gasteiger partial charge on any atom is -0.477 e. The molecule has 0 radical (unpaired) electrons. The van der Waals surface area contributed by atoms with Gasteiger partial charge in [0, 0.05) is 12.2 Å². The van der Waals surface area contributed by atoms with Crippen molar-refractivity contribution >= 4 is 11.6 Å². The number of ether oxygens (including phenoxy) is 1. The van der Waals surface area contributed by atoms with E-state index in [4.69, 9.17) is 16.3 Å². The Morgan fingerprint density at radius 2 is 2.33 bits per heavy atom. The van der Waals surface area contributed by atoms with Crippen molar-refractivity contribution in [1.82, 2.24) is 10.3 Å². The molecule has 0 saturated carbocycles. The van der Waals surface area contributed by atoms with E-state index in [2.05, 4.69) is 24.1 Å². The third kappa shape index (κ3) is 5.00. The Bertz CT molecular complexity index is 292. The van der Waals surface area contributed by atoms with Crippen LogP contribution in [0.2, 0.25) is 5.02 Å². The van der Waals surface area contributed by atoms with E-state index in [9.17, 15) is 0 Å². The van der Waals surface area contributed by atoms with E-state index >= 15 is 0 Å². The second-order valence-electron chi connectivity index (χ2n) is 3.60. The number of rotatable bonds is 6. The highest BCUT2D eigenvalue weighted by Gasteiger charge is 2.00. The minimum atomic E-state index is 0.517. The summed E-state index contributed by atoms with van der Waals surface area (Å²) in [6, 6.07) is 4.08. The summed E-state index contributed by atoms with van der Waals surface area (Å²) >= 11 is 5.88. The molecule has 3 nitrogen and oxygen atoms in total. The maximum absolute atomic E-state index is 5.88. The van der Waals surface area contributed by atoms with Crippen LogP contribution in [-0.2, 0) is 0 Å². The Morgan fingerprint density at radius 1 is 1.53 bits per heavy atom. The zero-order chi connectivity index (χ0) is 11.1. The Hall–Kier alpha value is -0.800. The lowest BCUT2D eigenvalue weighted by atomic mass is 10.3. The Morgan fingerprint density at radius 3 is 3.00 bits per heavy atom. The van der Waals surface area contributed by atoms with Crippen molar-refractivity contribution in [2.24, 2.45) is 0 Å². The van der Waals surface area contributed by atoms with E-state index in [1.165, 1.54) is 0 Å². The number of pyridine rings is 1. The van der Waals surface area contributed by atoms with Crippen molar-refractivity contribution < 1.29 is 4.74 Å². The number of aromatic nitrogens is 1. The number of halogens is 1. The lowest BCUT2D eigenvalue weighted by molar-refractivity contribution is 0.295. The first-order valence-electron chi connectivity index (χ1n) is 5.17. The number of nitrogens with one attached hydrogen (secondary N) is 1. The maximum atomic E-state index is 5.88. The molecule has 84 valence electrons. The first-order chi connectivity index (χ1) is 7.20. The molecule has 0 bridgehead atoms. The molecule has 0 saturated heterocycles. The fourth-order valence-corrected chi connectivity index (χ4v) is 1.29. The van der Waals surface area contributed by atoms with Crippen LogP contribution in [0.1, 0.15) is 20.3 Å². The topological polar surface area (TPSA) is 34.1 Å². The first kappa shape index (κ1) is 12.3. The molecule has 1 aromatic heterocycles. The molecule has 0 aliphatic carbocycles. The molecule has 0 atom stereocenters. The zero-order valence-electron chi connectivity index (χ0n) is 9.16. The zero-order valence-corrected chi connectivity index (χ0v) is 9.92. The summed E-state index contributed by atoms with van der Waals surface area (Å²) in [4.78, 5) is 4.04. The lowest BCUT2D eigenvalue weighted by Gasteiger charge is -2.09. The molecule has 1 N–H and O–H groups in total. The van der Waals surface area contributed by atoms with Crippen LogP contribution >= 0.6 is 11.6 Å². The summed E-state index contributed by atoms with van der Waals surface area (Å²) in [6.07, 6.45) is 2.62. The molecule has 0 spiro atoms. The van der Waals surface area contributed by atoms with Gasteiger partial charge in [0.15, 0.2) is 0 Å². The molecule has 4 heteroatoms. The molecule has 1 heterocycles. The largest absolute Gasteiger partial charge is 0.477 e. The van der Waals surface area contributed by atoms with Crippen molar-refractivity contribution in [1.29, 1.82) is 0 Å². The van der Waals surface area contributed by atoms with Crippen molar-refractivity contribution in [2.45, 2.75) is 26.3 Å². The van der Waals surface area contributed by atoms with Crippen LogP contribution in [0.25, 0.3) is 0 Å². The van der Waals surface area contributed by atoms with E-state index < -0.39 is 0 Å². The Labute approximate surface area is 95.8 Å².